The summed E-state index contributed by atoms with van der Waals surface area (Å²) in [5.41, 5.74) is -0.797. The Morgan fingerprint density at radius 2 is 2.50 bits per heavy atom. The predicted octanol–water partition coefficient (Wildman–Crippen LogP) is 2.29. The normalized spacial score (nSPS) is 9.75. The van der Waals surface area contributed by atoms with Gasteiger partial charge in [0.25, 0.3) is 0 Å². The molecule has 0 amide bonds. The van der Waals surface area contributed by atoms with Gasteiger partial charge < -0.3 is 4.74 Å². The third-order valence-corrected chi connectivity index (χ3v) is 0.582. The van der Waals surface area contributed by atoms with Crippen LogP contribution in [0.3, 0.4) is 0 Å². The molecule has 0 spiro atoms. The Hall–Kier alpha value is -0.500. The molecule has 2 nitrogen and oxygen atoms in total. The van der Waals surface area contributed by atoms with Gasteiger partial charge in [0.1, 0.15) is 0 Å². The molecule has 0 aromatic carbocycles. The van der Waals surface area contributed by atoms with Crippen LogP contribution in [0.2, 0.25) is 0 Å². The zero-order valence-electron chi connectivity index (χ0n) is 4.56. The Kier molecular flexibility index (Phi) is 4.36. The summed E-state index contributed by atoms with van der Waals surface area (Å²) in [5.74, 6) is 0. The molecule has 0 fully saturated rings. The summed E-state index contributed by atoms with van der Waals surface area (Å²) in [7, 11) is 0. The van der Waals surface area contributed by atoms with E-state index in [1.807, 2.05) is 6.92 Å². The highest BCUT2D eigenvalue weighted by Crippen LogP contribution is 1.88. The van der Waals surface area contributed by atoms with Gasteiger partial charge in [-0.05, 0) is 12.5 Å². The molecule has 8 heavy (non-hydrogen) atoms. The minimum atomic E-state index is -0.797. The fraction of sp³-hybridized carbons (Fsp3) is 0.400. The molecule has 3 heteroatoms. The van der Waals surface area contributed by atoms with Crippen LogP contribution in [0.5, 0.6) is 0 Å². The average molecular weight is 135 g/mol. The van der Waals surface area contributed by atoms with E-state index in [4.69, 9.17) is 11.6 Å². The summed E-state index contributed by atoms with van der Waals surface area (Å²) in [4.78, 5) is 9.81. The minimum Gasteiger partial charge on any atom is -0.423 e. The molecule has 0 aromatic rings. The third-order valence-electron chi connectivity index (χ3n) is 0.493. The molecule has 46 valence electrons. The topological polar surface area (TPSA) is 26.3 Å². The van der Waals surface area contributed by atoms with E-state index in [1.54, 1.807) is 6.08 Å². The van der Waals surface area contributed by atoms with Crippen molar-refractivity contribution in [2.45, 2.75) is 13.3 Å². The van der Waals surface area contributed by atoms with Crippen molar-refractivity contribution in [1.82, 2.24) is 0 Å². The van der Waals surface area contributed by atoms with E-state index in [2.05, 4.69) is 4.74 Å². The highest BCUT2D eigenvalue weighted by Gasteiger charge is 1.85. The minimum absolute atomic E-state index is 0.797. The van der Waals surface area contributed by atoms with Crippen LogP contribution in [-0.4, -0.2) is 5.43 Å². The molecular weight excluding hydrogens is 128 g/mol. The van der Waals surface area contributed by atoms with Gasteiger partial charge in [-0.25, -0.2) is 4.79 Å². The van der Waals surface area contributed by atoms with E-state index in [-0.39, 0.29) is 0 Å². The van der Waals surface area contributed by atoms with Gasteiger partial charge in [0.05, 0.1) is 6.26 Å². The third kappa shape index (κ3) is 5.50. The van der Waals surface area contributed by atoms with E-state index in [9.17, 15) is 4.79 Å². The Labute approximate surface area is 53.1 Å². The fourth-order valence-electron chi connectivity index (χ4n) is 0.198. The van der Waals surface area contributed by atoms with Gasteiger partial charge in [0, 0.05) is 11.6 Å². The van der Waals surface area contributed by atoms with Crippen LogP contribution in [-0.2, 0) is 4.74 Å². The Bertz CT molecular complexity index is 98.6. The Morgan fingerprint density at radius 3 is 2.88 bits per heavy atom. The molecule has 0 bridgehead atoms. The van der Waals surface area contributed by atoms with E-state index in [0.29, 0.717) is 0 Å². The van der Waals surface area contributed by atoms with Crippen molar-refractivity contribution in [2.75, 3.05) is 0 Å². The van der Waals surface area contributed by atoms with Gasteiger partial charge >= 0.3 is 5.43 Å². The Balaban J connectivity index is 3.16. The summed E-state index contributed by atoms with van der Waals surface area (Å²) in [5, 5.41) is 0. The number of hydrogen-bond donors (Lipinski definition) is 0. The summed E-state index contributed by atoms with van der Waals surface area (Å²) in [6.07, 6.45) is 3.81. The van der Waals surface area contributed by atoms with Crippen molar-refractivity contribution in [3.05, 3.63) is 12.3 Å². The lowest BCUT2D eigenvalue weighted by molar-refractivity contribution is 0.212. The number of allylic oxidation sites excluding steroid dienone is 1. The number of carbonyl (C=O) groups excluding carboxylic acids is 1. The molecule has 0 unspecified atom stereocenters. The van der Waals surface area contributed by atoms with Crippen molar-refractivity contribution >= 4 is 17.0 Å². The molecule has 0 aliphatic rings. The maximum atomic E-state index is 9.81. The number of carbonyl (C=O) groups is 1. The first kappa shape index (κ1) is 7.50. The monoisotopic (exact) mass is 134 g/mol. The van der Waals surface area contributed by atoms with Gasteiger partial charge in [-0.3, -0.25) is 0 Å². The molecule has 0 N–H and O–H groups in total. The SMILES string of the molecule is CCC=COC(=O)Cl. The first-order chi connectivity index (χ1) is 3.77. The highest BCUT2D eigenvalue weighted by molar-refractivity contribution is 6.61. The highest BCUT2D eigenvalue weighted by atomic mass is 35.5. The van der Waals surface area contributed by atoms with Crippen LogP contribution < -0.4 is 0 Å². The predicted molar refractivity (Wildman–Crippen MR) is 31.8 cm³/mol. The molecule has 0 saturated carbocycles. The first-order valence-electron chi connectivity index (χ1n) is 2.28. The van der Waals surface area contributed by atoms with E-state index in [0.717, 1.165) is 6.42 Å². The summed E-state index contributed by atoms with van der Waals surface area (Å²) in [6, 6.07) is 0. The summed E-state index contributed by atoms with van der Waals surface area (Å²) in [6.45, 7) is 1.93. The van der Waals surface area contributed by atoms with Gasteiger partial charge in [-0.15, -0.1) is 0 Å². The number of hydrogen-bond acceptors (Lipinski definition) is 2. The van der Waals surface area contributed by atoms with Crippen LogP contribution in [0.25, 0.3) is 0 Å². The molecule has 0 heterocycles. The lowest BCUT2D eigenvalue weighted by Gasteiger charge is -1.84. The van der Waals surface area contributed by atoms with Gasteiger partial charge in [-0.1, -0.05) is 6.92 Å². The fourth-order valence-corrected chi connectivity index (χ4v) is 0.249. The van der Waals surface area contributed by atoms with E-state index in [1.165, 1.54) is 6.26 Å². The number of ether oxygens (including phenoxy) is 1. The molecule has 0 saturated heterocycles. The average Bonchev–Trinajstić information content (AvgIpc) is 1.66. The second kappa shape index (κ2) is 4.65. The molecule has 0 atom stereocenters. The lowest BCUT2D eigenvalue weighted by atomic mass is 10.5. The smallest absolute Gasteiger partial charge is 0.408 e. The zero-order valence-corrected chi connectivity index (χ0v) is 5.31. The summed E-state index contributed by atoms with van der Waals surface area (Å²) < 4.78 is 4.23. The van der Waals surface area contributed by atoms with Crippen LogP contribution in [0.4, 0.5) is 4.79 Å². The van der Waals surface area contributed by atoms with Gasteiger partial charge in [0.15, 0.2) is 0 Å². The van der Waals surface area contributed by atoms with Crippen LogP contribution >= 0.6 is 11.6 Å². The van der Waals surface area contributed by atoms with E-state index < -0.39 is 5.43 Å². The van der Waals surface area contributed by atoms with Crippen molar-refractivity contribution in [3.63, 3.8) is 0 Å². The quantitative estimate of drug-likeness (QED) is 0.428. The van der Waals surface area contributed by atoms with Crippen molar-refractivity contribution in [3.8, 4) is 0 Å². The first-order valence-corrected chi connectivity index (χ1v) is 2.66. The van der Waals surface area contributed by atoms with Crippen molar-refractivity contribution in [1.29, 1.82) is 0 Å². The lowest BCUT2D eigenvalue weighted by Crippen LogP contribution is -1.81. The molecule has 0 rings (SSSR count). The van der Waals surface area contributed by atoms with Crippen molar-refractivity contribution < 1.29 is 9.53 Å². The number of rotatable bonds is 2. The second-order valence-electron chi connectivity index (χ2n) is 1.14. The van der Waals surface area contributed by atoms with Gasteiger partial charge in [0.2, 0.25) is 0 Å². The molecule has 0 aliphatic heterocycles. The molecule has 0 aliphatic carbocycles. The maximum absolute atomic E-state index is 9.81. The van der Waals surface area contributed by atoms with Crippen LogP contribution in [0, 0.1) is 0 Å². The van der Waals surface area contributed by atoms with Gasteiger partial charge in [-0.2, -0.15) is 0 Å². The standard InChI is InChI=1S/C5H7ClO2/c1-2-3-4-8-5(6)7/h3-4H,2H2,1H3. The van der Waals surface area contributed by atoms with Crippen LogP contribution in [0.1, 0.15) is 13.3 Å². The van der Waals surface area contributed by atoms with Crippen molar-refractivity contribution in [2.24, 2.45) is 0 Å². The van der Waals surface area contributed by atoms with Crippen LogP contribution in [0.15, 0.2) is 12.3 Å². The molecular formula is C5H7ClO2. The largest absolute Gasteiger partial charge is 0.423 e. The maximum Gasteiger partial charge on any atom is 0.408 e. The summed E-state index contributed by atoms with van der Waals surface area (Å²) >= 11 is 4.80. The number of halogens is 1. The molecule has 0 aromatic heterocycles. The molecule has 0 radical (unpaired) electrons. The van der Waals surface area contributed by atoms with E-state index >= 15 is 0 Å². The second-order valence-corrected chi connectivity index (χ2v) is 1.44. The zero-order chi connectivity index (χ0) is 6.41. The Morgan fingerprint density at radius 1 is 1.88 bits per heavy atom.